The van der Waals surface area contributed by atoms with Crippen molar-refractivity contribution >= 4 is 33.2 Å². The Kier molecular flexibility index (Phi) is 7.59. The molecule has 34 heavy (non-hydrogen) atoms. The quantitative estimate of drug-likeness (QED) is 0.436. The molecule has 0 aromatic heterocycles. The van der Waals surface area contributed by atoms with Crippen LogP contribution in [-0.2, 0) is 27.7 Å². The third-order valence-electron chi connectivity index (χ3n) is 6.25. The Morgan fingerprint density at radius 3 is 2.32 bits per heavy atom. The van der Waals surface area contributed by atoms with Crippen LogP contribution >= 0.6 is 11.6 Å². The van der Waals surface area contributed by atoms with E-state index in [0.717, 1.165) is 22.7 Å². The lowest BCUT2D eigenvalue weighted by molar-refractivity contribution is -0.120. The first-order chi connectivity index (χ1) is 16.4. The molecule has 3 aromatic rings. The van der Waals surface area contributed by atoms with E-state index in [1.165, 1.54) is 36.1 Å². The number of aryl methyl sites for hydroxylation is 2. The zero-order chi connectivity index (χ0) is 24.1. The summed E-state index contributed by atoms with van der Waals surface area (Å²) in [5.74, 6) is -0.362. The van der Waals surface area contributed by atoms with Gasteiger partial charge in [-0.1, -0.05) is 54.9 Å². The first-order valence-corrected chi connectivity index (χ1v) is 13.4. The molecule has 4 rings (SSSR count). The molecule has 178 valence electrons. The van der Waals surface area contributed by atoms with Gasteiger partial charge in [-0.25, -0.2) is 8.42 Å². The fraction of sp³-hybridized carbons (Fsp3) is 0.296. The number of amides is 1. The first kappa shape index (κ1) is 24.3. The number of benzene rings is 3. The average molecular weight is 497 g/mol. The smallest absolute Gasteiger partial charge is 0.264 e. The lowest BCUT2D eigenvalue weighted by Crippen LogP contribution is -2.42. The van der Waals surface area contributed by atoms with Gasteiger partial charge >= 0.3 is 0 Å². The number of nitrogens with one attached hydrogen (secondary N) is 1. The van der Waals surface area contributed by atoms with Gasteiger partial charge in [0.1, 0.15) is 6.54 Å². The molecule has 0 saturated carbocycles. The Balaban J connectivity index is 1.58. The monoisotopic (exact) mass is 496 g/mol. The fourth-order valence-electron chi connectivity index (χ4n) is 4.40. The number of nitrogens with zero attached hydrogens (tertiary/aromatic N) is 1. The van der Waals surface area contributed by atoms with E-state index in [1.54, 1.807) is 42.5 Å². The molecule has 0 fully saturated rings. The lowest BCUT2D eigenvalue weighted by Gasteiger charge is -2.26. The van der Waals surface area contributed by atoms with E-state index < -0.39 is 10.0 Å². The third-order valence-corrected chi connectivity index (χ3v) is 8.29. The van der Waals surface area contributed by atoms with Crippen LogP contribution in [0, 0.1) is 0 Å². The SMILES string of the molecule is CC[C@@H](NC(=O)CN(c1ccc(Cl)cc1)S(=O)(=O)c1ccccc1)c1ccc2c(c1)CCCC2. The van der Waals surface area contributed by atoms with Gasteiger partial charge in [-0.15, -0.1) is 0 Å². The van der Waals surface area contributed by atoms with E-state index in [9.17, 15) is 13.2 Å². The Labute approximate surface area is 206 Å². The minimum atomic E-state index is -3.95. The number of carbonyl (C=O) groups excluding carboxylic acids is 1. The fourth-order valence-corrected chi connectivity index (χ4v) is 5.97. The number of anilines is 1. The summed E-state index contributed by atoms with van der Waals surface area (Å²) < 4.78 is 28.0. The van der Waals surface area contributed by atoms with Crippen LogP contribution < -0.4 is 9.62 Å². The number of fused-ring (bicyclic) bond motifs is 1. The molecule has 7 heteroatoms. The van der Waals surface area contributed by atoms with Crippen LogP contribution in [0.1, 0.15) is 48.9 Å². The van der Waals surface area contributed by atoms with Gasteiger partial charge in [-0.05, 0) is 85.2 Å². The summed E-state index contributed by atoms with van der Waals surface area (Å²) in [6.07, 6.45) is 5.28. The van der Waals surface area contributed by atoms with Crippen LogP contribution in [0.5, 0.6) is 0 Å². The molecule has 3 aromatic carbocycles. The van der Waals surface area contributed by atoms with Gasteiger partial charge in [0, 0.05) is 5.02 Å². The molecule has 5 nitrogen and oxygen atoms in total. The standard InChI is InChI=1S/C27H29ClN2O3S/c1-2-26(22-13-12-20-8-6-7-9-21(20)18-22)29-27(31)19-30(24-16-14-23(28)15-17-24)34(32,33)25-10-4-3-5-11-25/h3-5,10-18,26H,2,6-9,19H2,1H3,(H,29,31)/t26-/m1/s1. The molecule has 0 saturated heterocycles. The number of carbonyl (C=O) groups is 1. The summed E-state index contributed by atoms with van der Waals surface area (Å²) in [5, 5.41) is 3.54. The second-order valence-electron chi connectivity index (χ2n) is 8.56. The van der Waals surface area contributed by atoms with Gasteiger partial charge in [0.25, 0.3) is 10.0 Å². The zero-order valence-corrected chi connectivity index (χ0v) is 20.8. The molecule has 1 N–H and O–H groups in total. The van der Waals surface area contributed by atoms with Crippen molar-refractivity contribution in [1.82, 2.24) is 5.32 Å². The van der Waals surface area contributed by atoms with Crippen molar-refractivity contribution in [3.8, 4) is 0 Å². The summed E-state index contributed by atoms with van der Waals surface area (Å²) in [4.78, 5) is 13.3. The molecule has 1 aliphatic rings. The molecule has 0 radical (unpaired) electrons. The molecular weight excluding hydrogens is 468 g/mol. The maximum absolute atomic E-state index is 13.5. The first-order valence-electron chi connectivity index (χ1n) is 11.6. The minimum Gasteiger partial charge on any atom is -0.348 e. The van der Waals surface area contributed by atoms with E-state index in [2.05, 4.69) is 23.5 Å². The maximum atomic E-state index is 13.5. The zero-order valence-electron chi connectivity index (χ0n) is 19.2. The largest absolute Gasteiger partial charge is 0.348 e. The number of halogens is 1. The van der Waals surface area contributed by atoms with Gasteiger partial charge in [-0.2, -0.15) is 0 Å². The Hall–Kier alpha value is -2.83. The van der Waals surface area contributed by atoms with E-state index >= 15 is 0 Å². The highest BCUT2D eigenvalue weighted by Crippen LogP contribution is 2.27. The van der Waals surface area contributed by atoms with Crippen LogP contribution in [0.3, 0.4) is 0 Å². The predicted molar refractivity (Wildman–Crippen MR) is 137 cm³/mol. The molecule has 0 unspecified atom stereocenters. The van der Waals surface area contributed by atoms with Gasteiger partial charge in [0.05, 0.1) is 16.6 Å². The van der Waals surface area contributed by atoms with Gasteiger partial charge in [-0.3, -0.25) is 9.10 Å². The van der Waals surface area contributed by atoms with Crippen molar-refractivity contribution < 1.29 is 13.2 Å². The summed E-state index contributed by atoms with van der Waals surface area (Å²) in [7, 11) is -3.95. The average Bonchev–Trinajstić information content (AvgIpc) is 2.86. The molecule has 1 atom stereocenters. The topological polar surface area (TPSA) is 66.5 Å². The van der Waals surface area contributed by atoms with Gasteiger partial charge in [0.15, 0.2) is 0 Å². The van der Waals surface area contributed by atoms with Crippen molar-refractivity contribution in [2.45, 2.75) is 50.0 Å². The van der Waals surface area contributed by atoms with E-state index in [-0.39, 0.29) is 23.4 Å². The van der Waals surface area contributed by atoms with E-state index in [4.69, 9.17) is 11.6 Å². The molecule has 0 heterocycles. The predicted octanol–water partition coefficient (Wildman–Crippen LogP) is 5.68. The van der Waals surface area contributed by atoms with Crippen molar-refractivity contribution in [1.29, 1.82) is 0 Å². The van der Waals surface area contributed by atoms with Gasteiger partial charge < -0.3 is 5.32 Å². The second-order valence-corrected chi connectivity index (χ2v) is 10.9. The van der Waals surface area contributed by atoms with Crippen LogP contribution in [0.25, 0.3) is 0 Å². The molecule has 0 spiro atoms. The van der Waals surface area contributed by atoms with E-state index in [1.807, 2.05) is 6.92 Å². The van der Waals surface area contributed by atoms with Crippen molar-refractivity contribution in [2.75, 3.05) is 10.8 Å². The van der Waals surface area contributed by atoms with Gasteiger partial charge in [0.2, 0.25) is 5.91 Å². The highest BCUT2D eigenvalue weighted by atomic mass is 35.5. The van der Waals surface area contributed by atoms with Crippen molar-refractivity contribution in [3.05, 3.63) is 94.5 Å². The second kappa shape index (κ2) is 10.6. The minimum absolute atomic E-state index is 0.125. The molecular formula is C27H29ClN2O3S. The summed E-state index contributed by atoms with van der Waals surface area (Å²) in [6.45, 7) is 1.68. The summed E-state index contributed by atoms with van der Waals surface area (Å²) in [6, 6.07) is 20.8. The Morgan fingerprint density at radius 1 is 0.971 bits per heavy atom. The highest BCUT2D eigenvalue weighted by molar-refractivity contribution is 7.92. The number of hydrogen-bond donors (Lipinski definition) is 1. The summed E-state index contributed by atoms with van der Waals surface area (Å²) >= 11 is 6.01. The van der Waals surface area contributed by atoms with Crippen LogP contribution in [0.4, 0.5) is 5.69 Å². The molecule has 0 aliphatic heterocycles. The number of sulfonamides is 1. The third kappa shape index (κ3) is 5.45. The Bertz CT molecular complexity index is 1240. The normalized spacial score (nSPS) is 14.2. The van der Waals surface area contributed by atoms with Crippen LogP contribution in [0.2, 0.25) is 5.02 Å². The van der Waals surface area contributed by atoms with E-state index in [0.29, 0.717) is 17.1 Å². The highest BCUT2D eigenvalue weighted by Gasteiger charge is 2.28. The molecule has 0 bridgehead atoms. The lowest BCUT2D eigenvalue weighted by atomic mass is 9.89. The molecule has 1 amide bonds. The maximum Gasteiger partial charge on any atom is 0.264 e. The van der Waals surface area contributed by atoms with Crippen molar-refractivity contribution in [3.63, 3.8) is 0 Å². The summed E-state index contributed by atoms with van der Waals surface area (Å²) in [5.41, 5.74) is 4.18. The van der Waals surface area contributed by atoms with Crippen LogP contribution in [0.15, 0.2) is 77.7 Å². The van der Waals surface area contributed by atoms with Crippen molar-refractivity contribution in [2.24, 2.45) is 0 Å². The molecule has 1 aliphatic carbocycles. The number of hydrogen-bond acceptors (Lipinski definition) is 3. The number of rotatable bonds is 8. The Morgan fingerprint density at radius 2 is 1.65 bits per heavy atom. The van der Waals surface area contributed by atoms with Crippen LogP contribution in [-0.4, -0.2) is 20.9 Å².